The van der Waals surface area contributed by atoms with Crippen molar-refractivity contribution in [2.45, 2.75) is 39.0 Å². The lowest BCUT2D eigenvalue weighted by atomic mass is 10.1. The predicted molar refractivity (Wildman–Crippen MR) is 104 cm³/mol. The molecule has 4 nitrogen and oxygen atoms in total. The first-order valence-electron chi connectivity index (χ1n) is 9.42. The molecule has 2 aromatic rings. The third-order valence-electron chi connectivity index (χ3n) is 4.85. The summed E-state index contributed by atoms with van der Waals surface area (Å²) in [6, 6.07) is 15.3. The monoisotopic (exact) mass is 350 g/mol. The highest BCUT2D eigenvalue weighted by Crippen LogP contribution is 2.16. The van der Waals surface area contributed by atoms with E-state index < -0.39 is 0 Å². The smallest absolute Gasteiger partial charge is 0.253 e. The maximum absolute atomic E-state index is 12.5. The number of aryl methyl sites for hydroxylation is 1. The summed E-state index contributed by atoms with van der Waals surface area (Å²) in [5.41, 5.74) is 3.66. The number of likely N-dealkylation sites (tertiary alicyclic amines) is 1. The first kappa shape index (κ1) is 18.2. The van der Waals surface area contributed by atoms with Crippen LogP contribution >= 0.6 is 0 Å². The maximum atomic E-state index is 12.5. The van der Waals surface area contributed by atoms with Crippen molar-refractivity contribution in [3.05, 3.63) is 65.2 Å². The highest BCUT2D eigenvalue weighted by Gasteiger charge is 2.18. The third-order valence-corrected chi connectivity index (χ3v) is 4.85. The van der Waals surface area contributed by atoms with Crippen LogP contribution < -0.4 is 5.32 Å². The van der Waals surface area contributed by atoms with E-state index in [1.54, 1.807) is 24.3 Å². The van der Waals surface area contributed by atoms with Crippen molar-refractivity contribution in [1.29, 1.82) is 0 Å². The summed E-state index contributed by atoms with van der Waals surface area (Å²) in [6.07, 6.45) is 4.71. The van der Waals surface area contributed by atoms with Crippen LogP contribution in [-0.2, 0) is 17.6 Å². The van der Waals surface area contributed by atoms with Crippen molar-refractivity contribution in [2.75, 3.05) is 18.4 Å². The van der Waals surface area contributed by atoms with Crippen LogP contribution in [0, 0.1) is 0 Å². The minimum atomic E-state index is -0.0515. The van der Waals surface area contributed by atoms with E-state index in [2.05, 4.69) is 24.4 Å². The van der Waals surface area contributed by atoms with Crippen LogP contribution in [-0.4, -0.2) is 29.8 Å². The molecule has 3 rings (SSSR count). The van der Waals surface area contributed by atoms with E-state index in [-0.39, 0.29) is 11.8 Å². The first-order chi connectivity index (χ1) is 12.7. The fourth-order valence-corrected chi connectivity index (χ4v) is 3.26. The van der Waals surface area contributed by atoms with Gasteiger partial charge in [0.25, 0.3) is 5.91 Å². The second-order valence-corrected chi connectivity index (χ2v) is 6.83. The molecule has 2 aromatic carbocycles. The highest BCUT2D eigenvalue weighted by atomic mass is 16.2. The summed E-state index contributed by atoms with van der Waals surface area (Å²) in [5.74, 6) is 0.0305. The zero-order valence-electron chi connectivity index (χ0n) is 15.3. The van der Waals surface area contributed by atoms with Crippen LogP contribution in [0.4, 0.5) is 5.69 Å². The second-order valence-electron chi connectivity index (χ2n) is 6.83. The van der Waals surface area contributed by atoms with Crippen molar-refractivity contribution in [1.82, 2.24) is 4.90 Å². The van der Waals surface area contributed by atoms with E-state index in [0.717, 1.165) is 43.6 Å². The van der Waals surface area contributed by atoms with Crippen molar-refractivity contribution in [2.24, 2.45) is 0 Å². The minimum Gasteiger partial charge on any atom is -0.339 e. The molecule has 0 bridgehead atoms. The van der Waals surface area contributed by atoms with Gasteiger partial charge in [-0.3, -0.25) is 9.59 Å². The Morgan fingerprint density at radius 1 is 0.885 bits per heavy atom. The number of hydrogen-bond donors (Lipinski definition) is 1. The normalized spacial score (nSPS) is 14.1. The lowest BCUT2D eigenvalue weighted by molar-refractivity contribution is -0.115. The Labute approximate surface area is 155 Å². The summed E-state index contributed by atoms with van der Waals surface area (Å²) in [4.78, 5) is 26.6. The number of nitrogens with one attached hydrogen (secondary N) is 1. The molecule has 0 aliphatic carbocycles. The van der Waals surface area contributed by atoms with Crippen LogP contribution in [0.2, 0.25) is 0 Å². The number of hydrogen-bond acceptors (Lipinski definition) is 2. The van der Waals surface area contributed by atoms with Gasteiger partial charge in [0.15, 0.2) is 0 Å². The van der Waals surface area contributed by atoms with Crippen LogP contribution in [0.25, 0.3) is 0 Å². The fourth-order valence-electron chi connectivity index (χ4n) is 3.26. The first-order valence-corrected chi connectivity index (χ1v) is 9.42. The quantitative estimate of drug-likeness (QED) is 0.884. The topological polar surface area (TPSA) is 49.4 Å². The summed E-state index contributed by atoms with van der Waals surface area (Å²) >= 11 is 0. The highest BCUT2D eigenvalue weighted by molar-refractivity contribution is 5.96. The Morgan fingerprint density at radius 2 is 1.50 bits per heavy atom. The molecule has 0 atom stereocenters. The standard InChI is InChI=1S/C22H26N2O2/c1-2-17-6-8-18(9-7-17)16-21(25)23-20-12-10-19(11-13-20)22(26)24-14-4-3-5-15-24/h6-13H,2-5,14-16H2,1H3,(H,23,25). The third kappa shape index (κ3) is 4.72. The Balaban J connectivity index is 1.56. The molecule has 1 saturated heterocycles. The summed E-state index contributed by atoms with van der Waals surface area (Å²) in [6.45, 7) is 3.80. The molecule has 1 aliphatic rings. The summed E-state index contributed by atoms with van der Waals surface area (Å²) < 4.78 is 0. The van der Waals surface area contributed by atoms with Gasteiger partial charge in [-0.25, -0.2) is 0 Å². The van der Waals surface area contributed by atoms with Crippen molar-refractivity contribution in [3.8, 4) is 0 Å². The zero-order chi connectivity index (χ0) is 18.4. The molecule has 1 fully saturated rings. The van der Waals surface area contributed by atoms with Gasteiger partial charge in [-0.05, 0) is 61.1 Å². The van der Waals surface area contributed by atoms with Crippen molar-refractivity contribution in [3.63, 3.8) is 0 Å². The Bertz CT molecular complexity index is 745. The molecule has 26 heavy (non-hydrogen) atoms. The molecular formula is C22H26N2O2. The molecule has 1 heterocycles. The minimum absolute atomic E-state index is 0.0515. The molecule has 2 amide bonds. The Hall–Kier alpha value is -2.62. The number of rotatable bonds is 5. The van der Waals surface area contributed by atoms with Crippen molar-refractivity contribution >= 4 is 17.5 Å². The van der Waals surface area contributed by atoms with Gasteiger partial charge < -0.3 is 10.2 Å². The Morgan fingerprint density at radius 3 is 2.12 bits per heavy atom. The molecule has 0 aromatic heterocycles. The molecule has 0 saturated carbocycles. The van der Waals surface area contributed by atoms with Crippen LogP contribution in [0.3, 0.4) is 0 Å². The van der Waals surface area contributed by atoms with Gasteiger partial charge in [0, 0.05) is 24.3 Å². The van der Waals surface area contributed by atoms with Crippen LogP contribution in [0.15, 0.2) is 48.5 Å². The summed E-state index contributed by atoms with van der Waals surface area (Å²) in [5, 5.41) is 2.90. The van der Waals surface area contributed by atoms with Gasteiger partial charge in [-0.2, -0.15) is 0 Å². The van der Waals surface area contributed by atoms with Gasteiger partial charge in [-0.15, -0.1) is 0 Å². The van der Waals surface area contributed by atoms with E-state index >= 15 is 0 Å². The largest absolute Gasteiger partial charge is 0.339 e. The maximum Gasteiger partial charge on any atom is 0.253 e. The van der Waals surface area contributed by atoms with Gasteiger partial charge in [0.1, 0.15) is 0 Å². The van der Waals surface area contributed by atoms with E-state index in [9.17, 15) is 9.59 Å². The van der Waals surface area contributed by atoms with Crippen molar-refractivity contribution < 1.29 is 9.59 Å². The Kier molecular flexibility index (Phi) is 6.05. The fraction of sp³-hybridized carbons (Fsp3) is 0.364. The number of nitrogens with zero attached hydrogens (tertiary/aromatic N) is 1. The SMILES string of the molecule is CCc1ccc(CC(=O)Nc2ccc(C(=O)N3CCCCC3)cc2)cc1. The number of anilines is 1. The number of carbonyl (C=O) groups excluding carboxylic acids is 2. The predicted octanol–water partition coefficient (Wildman–Crippen LogP) is 4.06. The molecule has 0 spiro atoms. The number of piperidine rings is 1. The second kappa shape index (κ2) is 8.65. The average Bonchev–Trinajstić information content (AvgIpc) is 2.69. The van der Waals surface area contributed by atoms with E-state index in [1.807, 2.05) is 17.0 Å². The lowest BCUT2D eigenvalue weighted by Crippen LogP contribution is -2.35. The molecule has 1 N–H and O–H groups in total. The van der Waals surface area contributed by atoms with Gasteiger partial charge in [-0.1, -0.05) is 31.2 Å². The molecular weight excluding hydrogens is 324 g/mol. The zero-order valence-corrected chi connectivity index (χ0v) is 15.3. The number of amides is 2. The van der Waals surface area contributed by atoms with Gasteiger partial charge >= 0.3 is 0 Å². The van der Waals surface area contributed by atoms with Gasteiger partial charge in [0.2, 0.25) is 5.91 Å². The molecule has 0 radical (unpaired) electrons. The molecule has 1 aliphatic heterocycles. The number of benzene rings is 2. The number of carbonyl (C=O) groups is 2. The van der Waals surface area contributed by atoms with Crippen LogP contribution in [0.5, 0.6) is 0 Å². The van der Waals surface area contributed by atoms with E-state index in [1.165, 1.54) is 12.0 Å². The van der Waals surface area contributed by atoms with E-state index in [0.29, 0.717) is 12.0 Å². The summed E-state index contributed by atoms with van der Waals surface area (Å²) in [7, 11) is 0. The molecule has 4 heteroatoms. The molecule has 0 unspecified atom stereocenters. The lowest BCUT2D eigenvalue weighted by Gasteiger charge is -2.26. The molecule has 136 valence electrons. The van der Waals surface area contributed by atoms with Gasteiger partial charge in [0.05, 0.1) is 6.42 Å². The average molecular weight is 350 g/mol. The van der Waals surface area contributed by atoms with Crippen LogP contribution in [0.1, 0.15) is 47.7 Å². The van der Waals surface area contributed by atoms with E-state index in [4.69, 9.17) is 0 Å².